The first-order valence-corrected chi connectivity index (χ1v) is 5.95. The Bertz CT molecular complexity index is 641. The lowest BCUT2D eigenvalue weighted by Crippen LogP contribution is -2.03. The zero-order valence-corrected chi connectivity index (χ0v) is 11.2. The Balaban J connectivity index is 2.61. The lowest BCUT2D eigenvalue weighted by molar-refractivity contribution is 0.0692. The molecule has 0 amide bonds. The zero-order valence-electron chi connectivity index (χ0n) is 10.5. The van der Waals surface area contributed by atoms with Gasteiger partial charge in [-0.15, -0.1) is 0 Å². The average molecular weight is 278 g/mol. The van der Waals surface area contributed by atoms with E-state index in [-0.39, 0.29) is 11.4 Å². The Morgan fingerprint density at radius 1 is 1.42 bits per heavy atom. The molecule has 0 aliphatic rings. The summed E-state index contributed by atoms with van der Waals surface area (Å²) in [4.78, 5) is 15.2. The second-order valence-corrected chi connectivity index (χ2v) is 4.41. The van der Waals surface area contributed by atoms with Crippen molar-refractivity contribution in [2.75, 3.05) is 7.11 Å². The molecule has 1 heterocycles. The highest BCUT2D eigenvalue weighted by atomic mass is 35.5. The van der Waals surface area contributed by atoms with Gasteiger partial charge in [-0.1, -0.05) is 23.7 Å². The van der Waals surface area contributed by atoms with Crippen LogP contribution in [0.15, 0.2) is 30.5 Å². The predicted molar refractivity (Wildman–Crippen MR) is 72.9 cm³/mol. The summed E-state index contributed by atoms with van der Waals surface area (Å²) in [6.45, 7) is 1.88. The second-order valence-electron chi connectivity index (χ2n) is 4.00. The van der Waals surface area contributed by atoms with Crippen LogP contribution in [0.4, 0.5) is 0 Å². The van der Waals surface area contributed by atoms with Crippen LogP contribution in [0.1, 0.15) is 15.9 Å². The number of carboxylic acids is 1. The van der Waals surface area contributed by atoms with E-state index in [2.05, 4.69) is 4.98 Å². The molecule has 2 aromatic rings. The maximum absolute atomic E-state index is 11.2. The highest BCUT2D eigenvalue weighted by Gasteiger charge is 2.15. The minimum absolute atomic E-state index is 0.0272. The lowest BCUT2D eigenvalue weighted by Gasteiger charge is -2.10. The van der Waals surface area contributed by atoms with Gasteiger partial charge in [0, 0.05) is 16.8 Å². The fourth-order valence-electron chi connectivity index (χ4n) is 1.84. The van der Waals surface area contributed by atoms with Crippen LogP contribution in [0.3, 0.4) is 0 Å². The van der Waals surface area contributed by atoms with Crippen molar-refractivity contribution in [3.63, 3.8) is 0 Å². The molecule has 0 saturated heterocycles. The highest BCUT2D eigenvalue weighted by Crippen LogP contribution is 2.30. The Morgan fingerprint density at radius 2 is 2.16 bits per heavy atom. The minimum Gasteiger partial charge on any atom is -0.480 e. The van der Waals surface area contributed by atoms with Crippen molar-refractivity contribution in [1.82, 2.24) is 4.98 Å². The number of halogens is 1. The molecule has 0 radical (unpaired) electrons. The molecule has 5 heteroatoms. The van der Waals surface area contributed by atoms with Crippen LogP contribution in [0.5, 0.6) is 5.88 Å². The highest BCUT2D eigenvalue weighted by molar-refractivity contribution is 6.31. The first kappa shape index (κ1) is 13.4. The molecule has 1 N–H and O–H groups in total. The van der Waals surface area contributed by atoms with E-state index in [9.17, 15) is 4.79 Å². The van der Waals surface area contributed by atoms with Crippen LogP contribution in [0, 0.1) is 6.92 Å². The summed E-state index contributed by atoms with van der Waals surface area (Å²) in [5.41, 5.74) is 2.45. The number of hydrogen-bond donors (Lipinski definition) is 1. The summed E-state index contributed by atoms with van der Waals surface area (Å²) in [6.07, 6.45) is 1.57. The lowest BCUT2D eigenvalue weighted by atomic mass is 10.0. The number of benzene rings is 1. The number of hydrogen-bond acceptors (Lipinski definition) is 3. The number of pyridine rings is 1. The third kappa shape index (κ3) is 2.53. The van der Waals surface area contributed by atoms with Gasteiger partial charge in [-0.3, -0.25) is 0 Å². The number of carboxylic acid groups (broad SMARTS) is 1. The van der Waals surface area contributed by atoms with Gasteiger partial charge in [-0.2, -0.15) is 0 Å². The smallest absolute Gasteiger partial charge is 0.341 e. The van der Waals surface area contributed by atoms with E-state index in [0.29, 0.717) is 10.6 Å². The van der Waals surface area contributed by atoms with E-state index < -0.39 is 5.97 Å². The van der Waals surface area contributed by atoms with Crippen molar-refractivity contribution in [1.29, 1.82) is 0 Å². The molecular weight excluding hydrogens is 266 g/mol. The molecule has 4 nitrogen and oxygen atoms in total. The van der Waals surface area contributed by atoms with Gasteiger partial charge >= 0.3 is 5.97 Å². The standard InChI is InChI=1S/C14H12ClNO3/c1-8-10(4-3-5-12(8)15)9-6-11(14(17)18)13(19-2)16-7-9/h3-7H,1-2H3,(H,17,18). The number of ether oxygens (including phenoxy) is 1. The molecule has 0 aliphatic carbocycles. The molecule has 1 aromatic carbocycles. The van der Waals surface area contributed by atoms with E-state index in [1.807, 2.05) is 19.1 Å². The molecule has 0 atom stereocenters. The molecule has 0 aliphatic heterocycles. The van der Waals surface area contributed by atoms with E-state index in [1.165, 1.54) is 13.2 Å². The Hall–Kier alpha value is -2.07. The van der Waals surface area contributed by atoms with Crippen LogP contribution in [-0.2, 0) is 0 Å². The third-order valence-corrected chi connectivity index (χ3v) is 3.26. The number of aromatic carboxylic acids is 1. The van der Waals surface area contributed by atoms with Crippen molar-refractivity contribution < 1.29 is 14.6 Å². The van der Waals surface area contributed by atoms with Gasteiger partial charge < -0.3 is 9.84 Å². The molecule has 0 unspecified atom stereocenters. The third-order valence-electron chi connectivity index (χ3n) is 2.85. The molecule has 98 valence electrons. The number of nitrogens with zero attached hydrogens (tertiary/aromatic N) is 1. The first-order chi connectivity index (χ1) is 9.04. The Morgan fingerprint density at radius 3 is 2.79 bits per heavy atom. The largest absolute Gasteiger partial charge is 0.480 e. The van der Waals surface area contributed by atoms with E-state index in [4.69, 9.17) is 21.4 Å². The molecule has 0 saturated carbocycles. The molecule has 19 heavy (non-hydrogen) atoms. The second kappa shape index (κ2) is 5.28. The van der Waals surface area contributed by atoms with Crippen LogP contribution >= 0.6 is 11.6 Å². The monoisotopic (exact) mass is 277 g/mol. The number of methoxy groups -OCH3 is 1. The van der Waals surface area contributed by atoms with Gasteiger partial charge in [0.1, 0.15) is 5.56 Å². The van der Waals surface area contributed by atoms with Gasteiger partial charge in [-0.25, -0.2) is 9.78 Å². The number of aromatic nitrogens is 1. The molecule has 0 fully saturated rings. The fraction of sp³-hybridized carbons (Fsp3) is 0.143. The van der Waals surface area contributed by atoms with Gasteiger partial charge in [0.15, 0.2) is 0 Å². The maximum Gasteiger partial charge on any atom is 0.341 e. The quantitative estimate of drug-likeness (QED) is 0.934. The molecule has 0 bridgehead atoms. The van der Waals surface area contributed by atoms with Gasteiger partial charge in [-0.05, 0) is 30.2 Å². The van der Waals surface area contributed by atoms with Crippen LogP contribution in [0.2, 0.25) is 5.02 Å². The predicted octanol–water partition coefficient (Wildman–Crippen LogP) is 3.42. The summed E-state index contributed by atoms with van der Waals surface area (Å²) < 4.78 is 4.93. The number of rotatable bonds is 3. The Kier molecular flexibility index (Phi) is 3.71. The topological polar surface area (TPSA) is 59.4 Å². The fourth-order valence-corrected chi connectivity index (χ4v) is 2.01. The number of carbonyl (C=O) groups is 1. The minimum atomic E-state index is -1.08. The summed E-state index contributed by atoms with van der Waals surface area (Å²) >= 11 is 6.06. The van der Waals surface area contributed by atoms with Crippen molar-refractivity contribution >= 4 is 17.6 Å². The van der Waals surface area contributed by atoms with Gasteiger partial charge in [0.2, 0.25) is 5.88 Å². The SMILES string of the molecule is COc1ncc(-c2cccc(Cl)c2C)cc1C(=O)O. The zero-order chi connectivity index (χ0) is 14.0. The summed E-state index contributed by atoms with van der Waals surface area (Å²) in [6, 6.07) is 7.01. The van der Waals surface area contributed by atoms with Crippen molar-refractivity contribution in [2.45, 2.75) is 6.92 Å². The molecular formula is C14H12ClNO3. The maximum atomic E-state index is 11.2. The summed E-state index contributed by atoms with van der Waals surface area (Å²) in [5, 5.41) is 9.78. The van der Waals surface area contributed by atoms with Crippen LogP contribution in [-0.4, -0.2) is 23.2 Å². The van der Waals surface area contributed by atoms with Gasteiger partial charge in [0.25, 0.3) is 0 Å². The Labute approximate surface area is 115 Å². The summed E-state index contributed by atoms with van der Waals surface area (Å²) in [5.74, 6) is -0.984. The van der Waals surface area contributed by atoms with E-state index in [1.54, 1.807) is 12.3 Å². The normalized spacial score (nSPS) is 10.3. The van der Waals surface area contributed by atoms with Crippen molar-refractivity contribution in [2.24, 2.45) is 0 Å². The average Bonchev–Trinajstić information content (AvgIpc) is 2.41. The molecule has 1 aromatic heterocycles. The molecule has 2 rings (SSSR count). The van der Waals surface area contributed by atoms with Crippen molar-refractivity contribution in [3.05, 3.63) is 46.6 Å². The van der Waals surface area contributed by atoms with Crippen LogP contribution < -0.4 is 4.74 Å². The van der Waals surface area contributed by atoms with Crippen molar-refractivity contribution in [3.8, 4) is 17.0 Å². The van der Waals surface area contributed by atoms with E-state index >= 15 is 0 Å². The van der Waals surface area contributed by atoms with E-state index in [0.717, 1.165) is 11.1 Å². The first-order valence-electron chi connectivity index (χ1n) is 5.57. The molecule has 0 spiro atoms. The summed E-state index contributed by atoms with van der Waals surface area (Å²) in [7, 11) is 1.39. The van der Waals surface area contributed by atoms with Crippen LogP contribution in [0.25, 0.3) is 11.1 Å². The van der Waals surface area contributed by atoms with Gasteiger partial charge in [0.05, 0.1) is 7.11 Å².